The SMILES string of the molecule is CCOc1cc2c(cc1OC)C(c1cnc(SC)nc1)=N[C@@H]1CC[C@@H](OC(=O)CC(O)(CC(=O)O)C(=O)O)C[C@H]21. The van der Waals surface area contributed by atoms with Crippen LogP contribution in [0.5, 0.6) is 11.5 Å². The first-order chi connectivity index (χ1) is 19.1. The van der Waals surface area contributed by atoms with Gasteiger partial charge in [-0.05, 0) is 50.1 Å². The number of carbonyl (C=O) groups excluding carboxylic acids is 1. The number of carbonyl (C=O) groups is 3. The molecule has 4 rings (SSSR count). The normalized spacial score (nSPS) is 21.2. The molecule has 3 N–H and O–H groups in total. The Balaban J connectivity index is 1.63. The van der Waals surface area contributed by atoms with Crippen molar-refractivity contribution in [3.05, 3.63) is 41.2 Å². The van der Waals surface area contributed by atoms with Crippen LogP contribution in [-0.2, 0) is 19.1 Å². The van der Waals surface area contributed by atoms with Crippen LogP contribution >= 0.6 is 11.8 Å². The number of carboxylic acid groups (broad SMARTS) is 2. The zero-order valence-electron chi connectivity index (χ0n) is 22.3. The summed E-state index contributed by atoms with van der Waals surface area (Å²) in [7, 11) is 1.56. The number of methoxy groups -OCH3 is 1. The van der Waals surface area contributed by atoms with Crippen LogP contribution in [0.15, 0.2) is 34.7 Å². The first kappa shape index (κ1) is 29.3. The van der Waals surface area contributed by atoms with E-state index in [0.29, 0.717) is 42.5 Å². The predicted molar refractivity (Wildman–Crippen MR) is 143 cm³/mol. The van der Waals surface area contributed by atoms with E-state index in [1.54, 1.807) is 19.5 Å². The molecule has 1 saturated carbocycles. The molecule has 1 aliphatic carbocycles. The molecule has 1 fully saturated rings. The topological polar surface area (TPSA) is 178 Å². The van der Waals surface area contributed by atoms with Gasteiger partial charge in [0.2, 0.25) is 0 Å². The minimum Gasteiger partial charge on any atom is -0.493 e. The third kappa shape index (κ3) is 6.20. The second-order valence-electron chi connectivity index (χ2n) is 9.64. The number of aliphatic hydroxyl groups is 1. The number of fused-ring (bicyclic) bond motifs is 3. The summed E-state index contributed by atoms with van der Waals surface area (Å²) in [6, 6.07) is 3.65. The Hall–Kier alpha value is -3.71. The Morgan fingerprint density at radius 2 is 1.82 bits per heavy atom. The molecule has 0 amide bonds. The van der Waals surface area contributed by atoms with Crippen molar-refractivity contribution in [1.29, 1.82) is 0 Å². The number of nitrogens with zero attached hydrogens (tertiary/aromatic N) is 3. The Morgan fingerprint density at radius 3 is 2.42 bits per heavy atom. The molecule has 1 aromatic heterocycles. The second-order valence-corrected chi connectivity index (χ2v) is 10.4. The average Bonchev–Trinajstić information content (AvgIpc) is 2.92. The summed E-state index contributed by atoms with van der Waals surface area (Å²) in [5.41, 5.74) is 0.468. The minimum absolute atomic E-state index is 0.136. The number of aliphatic imine (C=N–C) groups is 1. The largest absolute Gasteiger partial charge is 0.493 e. The number of carboxylic acids is 2. The Labute approximate surface area is 234 Å². The van der Waals surface area contributed by atoms with E-state index in [1.807, 2.05) is 25.3 Å². The summed E-state index contributed by atoms with van der Waals surface area (Å²) in [5, 5.41) is 29.1. The lowest BCUT2D eigenvalue weighted by Gasteiger charge is -2.38. The van der Waals surface area contributed by atoms with Crippen LogP contribution in [0.1, 0.15) is 61.6 Å². The van der Waals surface area contributed by atoms with Crippen molar-refractivity contribution in [3.63, 3.8) is 0 Å². The van der Waals surface area contributed by atoms with E-state index >= 15 is 0 Å². The summed E-state index contributed by atoms with van der Waals surface area (Å²) in [6.45, 7) is 2.30. The molecule has 2 aliphatic rings. The molecular weight excluding hydrogens is 542 g/mol. The molecule has 1 aliphatic heterocycles. The second kappa shape index (κ2) is 12.2. The maximum absolute atomic E-state index is 12.6. The highest BCUT2D eigenvalue weighted by Crippen LogP contribution is 2.45. The number of aromatic nitrogens is 2. The van der Waals surface area contributed by atoms with Gasteiger partial charge in [0, 0.05) is 29.4 Å². The molecule has 0 saturated heterocycles. The Morgan fingerprint density at radius 1 is 1.10 bits per heavy atom. The highest BCUT2D eigenvalue weighted by Gasteiger charge is 2.43. The van der Waals surface area contributed by atoms with Crippen molar-refractivity contribution < 1.29 is 43.9 Å². The van der Waals surface area contributed by atoms with Crippen molar-refractivity contribution in [2.45, 2.75) is 67.8 Å². The van der Waals surface area contributed by atoms with E-state index in [9.17, 15) is 24.6 Å². The number of benzene rings is 1. The van der Waals surface area contributed by atoms with E-state index in [-0.39, 0.29) is 12.0 Å². The molecule has 214 valence electrons. The number of ether oxygens (including phenoxy) is 3. The van der Waals surface area contributed by atoms with Crippen LogP contribution in [0.2, 0.25) is 0 Å². The van der Waals surface area contributed by atoms with Gasteiger partial charge in [0.1, 0.15) is 6.10 Å². The van der Waals surface area contributed by atoms with Gasteiger partial charge in [-0.25, -0.2) is 14.8 Å². The van der Waals surface area contributed by atoms with Gasteiger partial charge in [-0.1, -0.05) is 11.8 Å². The Kier molecular flexibility index (Phi) is 8.94. The van der Waals surface area contributed by atoms with Crippen LogP contribution < -0.4 is 9.47 Å². The van der Waals surface area contributed by atoms with Crippen LogP contribution in [0, 0.1) is 0 Å². The maximum Gasteiger partial charge on any atom is 0.336 e. The lowest BCUT2D eigenvalue weighted by atomic mass is 9.74. The van der Waals surface area contributed by atoms with Gasteiger partial charge in [-0.2, -0.15) is 0 Å². The monoisotopic (exact) mass is 573 g/mol. The summed E-state index contributed by atoms with van der Waals surface area (Å²) in [6.07, 6.45) is 4.11. The highest BCUT2D eigenvalue weighted by atomic mass is 32.2. The van der Waals surface area contributed by atoms with Crippen LogP contribution in [0.25, 0.3) is 0 Å². The first-order valence-corrected chi connectivity index (χ1v) is 14.0. The number of aliphatic carboxylic acids is 2. The summed E-state index contributed by atoms with van der Waals surface area (Å²) >= 11 is 1.44. The van der Waals surface area contributed by atoms with Crippen molar-refractivity contribution in [2.24, 2.45) is 4.99 Å². The summed E-state index contributed by atoms with van der Waals surface area (Å²) < 4.78 is 17.0. The fourth-order valence-electron chi connectivity index (χ4n) is 5.17. The minimum atomic E-state index is -2.76. The standard InChI is InChI=1S/C27H31N3O9S/c1-4-38-21-8-16-17-7-15(39-23(33)11-27(36,25(34)35)10-22(31)32)5-6-19(17)30-24(18(16)9-20(21)37-2)14-12-28-26(40-3)29-13-14/h8-9,12-13,15,17,19,36H,4-7,10-11H2,1-3H3,(H,31,32)(H,34,35)/t15-,17-,19-,27?/m1/s1. The number of hydrogen-bond donors (Lipinski definition) is 3. The van der Waals surface area contributed by atoms with E-state index < -0.39 is 42.5 Å². The molecule has 0 radical (unpaired) electrons. The summed E-state index contributed by atoms with van der Waals surface area (Å²) in [5.74, 6) is -3.37. The first-order valence-electron chi connectivity index (χ1n) is 12.7. The van der Waals surface area contributed by atoms with Crippen molar-refractivity contribution in [3.8, 4) is 11.5 Å². The number of hydrogen-bond acceptors (Lipinski definition) is 11. The molecule has 1 unspecified atom stereocenters. The van der Waals surface area contributed by atoms with Gasteiger partial charge in [0.15, 0.2) is 22.3 Å². The lowest BCUT2D eigenvalue weighted by Crippen LogP contribution is -2.44. The average molecular weight is 574 g/mol. The van der Waals surface area contributed by atoms with Crippen LogP contribution in [-0.4, -0.2) is 86.6 Å². The van der Waals surface area contributed by atoms with E-state index in [2.05, 4.69) is 9.97 Å². The van der Waals surface area contributed by atoms with Gasteiger partial charge < -0.3 is 29.5 Å². The lowest BCUT2D eigenvalue weighted by molar-refractivity contribution is -0.174. The molecule has 40 heavy (non-hydrogen) atoms. The number of esters is 1. The quantitative estimate of drug-likeness (QED) is 0.204. The van der Waals surface area contributed by atoms with Crippen molar-refractivity contribution >= 4 is 35.4 Å². The highest BCUT2D eigenvalue weighted by molar-refractivity contribution is 7.98. The van der Waals surface area contributed by atoms with Crippen molar-refractivity contribution in [2.75, 3.05) is 20.0 Å². The van der Waals surface area contributed by atoms with E-state index in [0.717, 1.165) is 22.4 Å². The summed E-state index contributed by atoms with van der Waals surface area (Å²) in [4.78, 5) is 49.0. The zero-order chi connectivity index (χ0) is 29.0. The van der Waals surface area contributed by atoms with Crippen LogP contribution in [0.3, 0.4) is 0 Å². The molecule has 0 bridgehead atoms. The molecule has 4 atom stereocenters. The smallest absolute Gasteiger partial charge is 0.336 e. The fraction of sp³-hybridized carbons (Fsp3) is 0.481. The van der Waals surface area contributed by atoms with Gasteiger partial charge in [-0.15, -0.1) is 0 Å². The third-order valence-corrected chi connectivity index (χ3v) is 7.59. The van der Waals surface area contributed by atoms with Gasteiger partial charge in [0.25, 0.3) is 0 Å². The molecule has 2 heterocycles. The molecule has 13 heteroatoms. The third-order valence-electron chi connectivity index (χ3n) is 7.01. The molecule has 12 nitrogen and oxygen atoms in total. The molecule has 1 aromatic carbocycles. The van der Waals surface area contributed by atoms with Crippen LogP contribution in [0.4, 0.5) is 0 Å². The zero-order valence-corrected chi connectivity index (χ0v) is 23.1. The predicted octanol–water partition coefficient (Wildman–Crippen LogP) is 2.69. The molecular formula is C27H31N3O9S. The van der Waals surface area contributed by atoms with E-state index in [4.69, 9.17) is 24.3 Å². The Bertz CT molecular complexity index is 1320. The number of thioether (sulfide) groups is 1. The van der Waals surface area contributed by atoms with Gasteiger partial charge in [0.05, 0.1) is 38.3 Å². The maximum atomic E-state index is 12.6. The molecule has 0 spiro atoms. The fourth-order valence-corrected chi connectivity index (χ4v) is 5.48. The van der Waals surface area contributed by atoms with Gasteiger partial charge >= 0.3 is 17.9 Å². The van der Waals surface area contributed by atoms with Crippen molar-refractivity contribution in [1.82, 2.24) is 9.97 Å². The molecule has 2 aromatic rings. The number of rotatable bonds is 11. The van der Waals surface area contributed by atoms with E-state index in [1.165, 1.54) is 11.8 Å². The van der Waals surface area contributed by atoms with Gasteiger partial charge in [-0.3, -0.25) is 14.6 Å².